The number of pyridine rings is 1. The molecular weight excluding hydrogens is 240 g/mol. The fraction of sp³-hybridized carbons (Fsp3) is 0.500. The number of aryl methyl sites for hydroxylation is 2. The lowest BCUT2D eigenvalue weighted by atomic mass is 10.1. The van der Waals surface area contributed by atoms with Crippen molar-refractivity contribution in [2.75, 3.05) is 6.54 Å². The highest BCUT2D eigenvalue weighted by Gasteiger charge is 2.20. The highest BCUT2D eigenvalue weighted by atomic mass is 16.5. The first kappa shape index (κ1) is 12.3. The maximum Gasteiger partial charge on any atom is 0.228 e. The van der Waals surface area contributed by atoms with E-state index < -0.39 is 0 Å². The highest BCUT2D eigenvalue weighted by molar-refractivity contribution is 5.53. The molecule has 1 fully saturated rings. The van der Waals surface area contributed by atoms with E-state index in [2.05, 4.69) is 26.5 Å². The van der Waals surface area contributed by atoms with Gasteiger partial charge in [0.1, 0.15) is 5.69 Å². The molecule has 2 aromatic heterocycles. The fourth-order valence-electron chi connectivity index (χ4n) is 2.07. The molecule has 0 atom stereocenters. The van der Waals surface area contributed by atoms with Crippen LogP contribution < -0.4 is 5.32 Å². The molecule has 0 bridgehead atoms. The van der Waals surface area contributed by atoms with E-state index in [9.17, 15) is 0 Å². The lowest BCUT2D eigenvalue weighted by molar-refractivity contribution is 0.376. The Morgan fingerprint density at radius 2 is 2.21 bits per heavy atom. The van der Waals surface area contributed by atoms with Crippen LogP contribution in [0.1, 0.15) is 29.9 Å². The predicted molar refractivity (Wildman–Crippen MR) is 71.7 cm³/mol. The molecule has 3 rings (SSSR count). The minimum absolute atomic E-state index is 0.582. The third-order valence-corrected chi connectivity index (χ3v) is 3.24. The topological polar surface area (TPSA) is 63.8 Å². The standard InChI is InChI=1S/C14H18N4O/c1-9-7-10(2)13(16-8-9)14-17-12(19-18-14)5-6-15-11-3-4-11/h7-8,11,15H,3-6H2,1-2H3. The summed E-state index contributed by atoms with van der Waals surface area (Å²) in [4.78, 5) is 8.79. The summed E-state index contributed by atoms with van der Waals surface area (Å²) in [5, 5.41) is 7.44. The first-order valence-electron chi connectivity index (χ1n) is 6.72. The van der Waals surface area contributed by atoms with Crippen LogP contribution in [0, 0.1) is 13.8 Å². The van der Waals surface area contributed by atoms with Crippen LogP contribution in [-0.2, 0) is 6.42 Å². The lowest BCUT2D eigenvalue weighted by Crippen LogP contribution is -2.19. The summed E-state index contributed by atoms with van der Waals surface area (Å²) in [5.74, 6) is 1.25. The van der Waals surface area contributed by atoms with Gasteiger partial charge in [-0.05, 0) is 37.8 Å². The Balaban J connectivity index is 1.68. The average molecular weight is 258 g/mol. The average Bonchev–Trinajstić information content (AvgIpc) is 3.07. The van der Waals surface area contributed by atoms with Gasteiger partial charge < -0.3 is 9.84 Å². The number of rotatable bonds is 5. The van der Waals surface area contributed by atoms with Crippen molar-refractivity contribution in [1.82, 2.24) is 20.4 Å². The third-order valence-electron chi connectivity index (χ3n) is 3.24. The van der Waals surface area contributed by atoms with Crippen molar-refractivity contribution >= 4 is 0 Å². The van der Waals surface area contributed by atoms with Crippen LogP contribution >= 0.6 is 0 Å². The quantitative estimate of drug-likeness (QED) is 0.889. The lowest BCUT2D eigenvalue weighted by Gasteiger charge is -2.00. The predicted octanol–water partition coefficient (Wildman–Crippen LogP) is 2.04. The SMILES string of the molecule is Cc1cnc(-c2noc(CCNC3CC3)n2)c(C)c1. The Hall–Kier alpha value is -1.75. The van der Waals surface area contributed by atoms with Crippen molar-refractivity contribution in [3.05, 3.63) is 29.3 Å². The van der Waals surface area contributed by atoms with Crippen molar-refractivity contribution in [2.45, 2.75) is 39.2 Å². The summed E-state index contributed by atoms with van der Waals surface area (Å²) in [7, 11) is 0. The smallest absolute Gasteiger partial charge is 0.228 e. The van der Waals surface area contributed by atoms with Gasteiger partial charge >= 0.3 is 0 Å². The number of aromatic nitrogens is 3. The molecule has 0 saturated heterocycles. The summed E-state index contributed by atoms with van der Waals surface area (Å²) in [5.41, 5.74) is 3.01. The molecule has 0 aliphatic heterocycles. The largest absolute Gasteiger partial charge is 0.339 e. The first-order valence-corrected chi connectivity index (χ1v) is 6.72. The van der Waals surface area contributed by atoms with Crippen molar-refractivity contribution in [2.24, 2.45) is 0 Å². The van der Waals surface area contributed by atoms with E-state index in [1.54, 1.807) is 0 Å². The van der Waals surface area contributed by atoms with Gasteiger partial charge in [0.15, 0.2) is 0 Å². The summed E-state index contributed by atoms with van der Waals surface area (Å²) in [6.07, 6.45) is 5.19. The van der Waals surface area contributed by atoms with Gasteiger partial charge in [-0.25, -0.2) is 0 Å². The molecule has 2 aromatic rings. The van der Waals surface area contributed by atoms with Gasteiger partial charge in [-0.1, -0.05) is 11.2 Å². The van der Waals surface area contributed by atoms with Crippen LogP contribution in [0.25, 0.3) is 11.5 Å². The van der Waals surface area contributed by atoms with Crippen LogP contribution in [0.5, 0.6) is 0 Å². The first-order chi connectivity index (χ1) is 9.22. The molecule has 0 aromatic carbocycles. The van der Waals surface area contributed by atoms with E-state index >= 15 is 0 Å². The normalized spacial score (nSPS) is 14.8. The van der Waals surface area contributed by atoms with Crippen LogP contribution in [-0.4, -0.2) is 27.7 Å². The van der Waals surface area contributed by atoms with Crippen molar-refractivity contribution < 1.29 is 4.52 Å². The zero-order chi connectivity index (χ0) is 13.2. The van der Waals surface area contributed by atoms with Gasteiger partial charge in [-0.15, -0.1) is 0 Å². The zero-order valence-corrected chi connectivity index (χ0v) is 11.3. The number of hydrogen-bond donors (Lipinski definition) is 1. The number of nitrogens with zero attached hydrogens (tertiary/aromatic N) is 3. The highest BCUT2D eigenvalue weighted by Crippen LogP contribution is 2.20. The fourth-order valence-corrected chi connectivity index (χ4v) is 2.07. The van der Waals surface area contributed by atoms with Crippen LogP contribution in [0.3, 0.4) is 0 Å². The van der Waals surface area contributed by atoms with E-state index in [0.717, 1.165) is 29.8 Å². The summed E-state index contributed by atoms with van der Waals surface area (Å²) < 4.78 is 5.27. The molecule has 5 nitrogen and oxygen atoms in total. The maximum absolute atomic E-state index is 5.27. The van der Waals surface area contributed by atoms with Crippen LogP contribution in [0.15, 0.2) is 16.8 Å². The molecular formula is C14H18N4O. The summed E-state index contributed by atoms with van der Waals surface area (Å²) in [6, 6.07) is 2.79. The second-order valence-corrected chi connectivity index (χ2v) is 5.17. The minimum atomic E-state index is 0.582. The van der Waals surface area contributed by atoms with Crippen molar-refractivity contribution in [1.29, 1.82) is 0 Å². The molecule has 0 unspecified atom stereocenters. The van der Waals surface area contributed by atoms with Gasteiger partial charge in [0.2, 0.25) is 11.7 Å². The van der Waals surface area contributed by atoms with Gasteiger partial charge in [0, 0.05) is 25.2 Å². The van der Waals surface area contributed by atoms with Gasteiger partial charge in [0.05, 0.1) is 0 Å². The Kier molecular flexibility index (Phi) is 3.29. The molecule has 1 aliphatic rings. The van der Waals surface area contributed by atoms with E-state index in [0.29, 0.717) is 17.8 Å². The Morgan fingerprint density at radius 3 is 2.95 bits per heavy atom. The molecule has 0 radical (unpaired) electrons. The molecule has 1 aliphatic carbocycles. The minimum Gasteiger partial charge on any atom is -0.339 e. The molecule has 1 N–H and O–H groups in total. The third kappa shape index (κ3) is 2.98. The number of nitrogens with one attached hydrogen (secondary N) is 1. The Morgan fingerprint density at radius 1 is 1.37 bits per heavy atom. The molecule has 100 valence electrons. The van der Waals surface area contributed by atoms with Crippen LogP contribution in [0.4, 0.5) is 0 Å². The zero-order valence-electron chi connectivity index (χ0n) is 11.3. The summed E-state index contributed by atoms with van der Waals surface area (Å²) >= 11 is 0. The molecule has 5 heteroatoms. The second-order valence-electron chi connectivity index (χ2n) is 5.17. The Labute approximate surface area is 112 Å². The van der Waals surface area contributed by atoms with Crippen molar-refractivity contribution in [3.8, 4) is 11.5 Å². The van der Waals surface area contributed by atoms with E-state index in [-0.39, 0.29) is 0 Å². The maximum atomic E-state index is 5.27. The Bertz CT molecular complexity index is 575. The van der Waals surface area contributed by atoms with Gasteiger partial charge in [0.25, 0.3) is 0 Å². The summed E-state index contributed by atoms with van der Waals surface area (Å²) in [6.45, 7) is 4.93. The van der Waals surface area contributed by atoms with Crippen molar-refractivity contribution in [3.63, 3.8) is 0 Å². The van der Waals surface area contributed by atoms with E-state index in [1.807, 2.05) is 20.0 Å². The second kappa shape index (κ2) is 5.09. The monoisotopic (exact) mass is 258 g/mol. The van der Waals surface area contributed by atoms with Gasteiger partial charge in [-0.3, -0.25) is 4.98 Å². The van der Waals surface area contributed by atoms with E-state index in [4.69, 9.17) is 4.52 Å². The molecule has 19 heavy (non-hydrogen) atoms. The molecule has 2 heterocycles. The number of hydrogen-bond acceptors (Lipinski definition) is 5. The molecule has 1 saturated carbocycles. The van der Waals surface area contributed by atoms with Crippen LogP contribution in [0.2, 0.25) is 0 Å². The molecule has 0 amide bonds. The van der Waals surface area contributed by atoms with Gasteiger partial charge in [-0.2, -0.15) is 4.98 Å². The van der Waals surface area contributed by atoms with E-state index in [1.165, 1.54) is 12.8 Å². The molecule has 0 spiro atoms.